The fraction of sp³-hybridized carbons (Fsp3) is 0.837. The standard InChI is InChI=1S/2C7H12O5.C7H12O4.2C5H10O3.C5H12O2.C5H12OS.C4H10O2.C4H10OS/c1-3-10-5-12-7(9)4-11-6(2)8;1-3-10-4-7(9)12-5-11-6(2)8;1-3-7(9)4-10-5-11-6(2)8;1-4(7-2)5(6)8-3;1-4(6)8-5(2)7-3;1-4-7-5(2)6-3;1-4-6-5(2)7-3;2*1-4(5-2)6-3/h2*3-5H2,1-2H3;3-5H2,1-2H3;4H,1-3H3;5H,1-3H3;2*5H,4H2,1-3H3;2*4H,1-3H3. The van der Waals surface area contributed by atoms with Crippen LogP contribution in [0.15, 0.2) is 0 Å². The largest absolute Gasteiger partial charge is 0.467 e. The van der Waals surface area contributed by atoms with Crippen molar-refractivity contribution in [1.82, 2.24) is 0 Å². The molecule has 0 spiro atoms. The zero-order valence-electron chi connectivity index (χ0n) is 50.7. The molecule has 0 rings (SSSR count). The Morgan fingerprint density at radius 1 is 0.403 bits per heavy atom. The number of thioether (sulfide) groups is 2. The van der Waals surface area contributed by atoms with Crippen LogP contribution in [0.2, 0.25) is 0 Å². The Hall–Kier alpha value is -3.78. The number of rotatable bonds is 29. The van der Waals surface area contributed by atoms with Crippen molar-refractivity contribution in [3.8, 4) is 0 Å². The monoisotopic (exact) mass is 1170 g/mol. The van der Waals surface area contributed by atoms with E-state index in [9.17, 15) is 38.4 Å². The number of carbonyl (C=O) groups excluding carboxylic acids is 8. The lowest BCUT2D eigenvalue weighted by Crippen LogP contribution is -2.19. The van der Waals surface area contributed by atoms with Crippen LogP contribution in [0.5, 0.6) is 0 Å². The molecule has 464 valence electrons. The zero-order chi connectivity index (χ0) is 62.0. The molecule has 0 aliphatic carbocycles. The lowest BCUT2D eigenvalue weighted by Gasteiger charge is -2.07. The number of Topliss-reactive ketones (excluding diaryl/α,β-unsaturated/α-hetero) is 1. The van der Waals surface area contributed by atoms with Gasteiger partial charge in [-0.2, -0.15) is 0 Å². The summed E-state index contributed by atoms with van der Waals surface area (Å²) in [4.78, 5) is 83.0. The molecular weight excluding hydrogens is 1070 g/mol. The number of esters is 7. The number of hydrogen-bond acceptors (Lipinski definition) is 28. The normalized spacial score (nSPS) is 11.3. The Kier molecular flexibility index (Phi) is 91.9. The Labute approximate surface area is 468 Å². The predicted molar refractivity (Wildman–Crippen MR) is 289 cm³/mol. The maximum atomic E-state index is 10.6. The molecule has 0 fully saturated rings. The van der Waals surface area contributed by atoms with Crippen molar-refractivity contribution in [1.29, 1.82) is 0 Å². The molecule has 26 nitrogen and oxygen atoms in total. The van der Waals surface area contributed by atoms with Crippen LogP contribution in [-0.4, -0.2) is 212 Å². The second-order valence-electron chi connectivity index (χ2n) is 13.2. The van der Waals surface area contributed by atoms with Gasteiger partial charge in [-0.15, -0.1) is 23.5 Å². The van der Waals surface area contributed by atoms with E-state index in [-0.39, 0.29) is 70.5 Å². The summed E-state index contributed by atoms with van der Waals surface area (Å²) in [7, 11) is 10.8. The summed E-state index contributed by atoms with van der Waals surface area (Å²) in [5.41, 5.74) is 0.718. The molecule has 5 unspecified atom stereocenters. The fourth-order valence-corrected chi connectivity index (χ4v) is 2.99. The number of methoxy groups -OCH3 is 7. The summed E-state index contributed by atoms with van der Waals surface area (Å²) >= 11 is 3.43. The molecule has 77 heavy (non-hydrogen) atoms. The molecule has 0 amide bonds. The van der Waals surface area contributed by atoms with Crippen LogP contribution in [0.4, 0.5) is 0 Å². The number of ether oxygens (including phenoxy) is 18. The molecule has 0 aromatic carbocycles. The first-order valence-electron chi connectivity index (χ1n) is 23.8. The predicted octanol–water partition coefficient (Wildman–Crippen LogP) is 6.13. The number of hydrogen-bond donors (Lipinski definition) is 0. The fourth-order valence-electron chi connectivity index (χ4n) is 2.52. The maximum absolute atomic E-state index is 10.6. The highest BCUT2D eigenvalue weighted by molar-refractivity contribution is 7.99. The first-order chi connectivity index (χ1) is 36.1. The van der Waals surface area contributed by atoms with Gasteiger partial charge in [0.05, 0.1) is 18.0 Å². The molecule has 0 radical (unpaired) electrons. The Bertz CT molecular complexity index is 1300. The topological polar surface area (TPSA) is 303 Å². The van der Waals surface area contributed by atoms with Gasteiger partial charge in [0.1, 0.15) is 13.2 Å². The highest BCUT2D eigenvalue weighted by Gasteiger charge is 2.09. The lowest BCUT2D eigenvalue weighted by molar-refractivity contribution is -0.169. The smallest absolute Gasteiger partial charge is 0.346 e. The highest BCUT2D eigenvalue weighted by Crippen LogP contribution is 2.05. The average molecular weight is 1170 g/mol. The van der Waals surface area contributed by atoms with Crippen molar-refractivity contribution >= 4 is 71.1 Å². The molecule has 0 heterocycles. The molecular formula is C49H100O26S2. The van der Waals surface area contributed by atoms with Gasteiger partial charge in [0.25, 0.3) is 0 Å². The van der Waals surface area contributed by atoms with Gasteiger partial charge in [0.2, 0.25) is 6.79 Å². The second-order valence-corrected chi connectivity index (χ2v) is 15.5. The summed E-state index contributed by atoms with van der Waals surface area (Å²) in [6, 6.07) is 0. The SMILES string of the molecule is CCC(=O)COCOC(C)=O.CCOC(C)OC.CCOC(C)SC.CCOCC(=O)OCOC(C)=O.CCOCOC(=O)COC(C)=O.COC(=O)C(C)OC.COC(C)OC.COC(C)OC(C)=O.COC(C)SC. The minimum Gasteiger partial charge on any atom is -0.467 e. The van der Waals surface area contributed by atoms with Crippen molar-refractivity contribution < 1.29 is 124 Å². The Morgan fingerprint density at radius 3 is 1.10 bits per heavy atom. The third-order valence-corrected chi connectivity index (χ3v) is 8.81. The molecule has 0 aliphatic heterocycles. The summed E-state index contributed by atoms with van der Waals surface area (Å²) in [5, 5.41) is 0. The third kappa shape index (κ3) is 109. The average Bonchev–Trinajstić information content (AvgIpc) is 3.40. The van der Waals surface area contributed by atoms with Crippen molar-refractivity contribution in [2.24, 2.45) is 0 Å². The van der Waals surface area contributed by atoms with Crippen molar-refractivity contribution in [2.75, 3.05) is 129 Å². The van der Waals surface area contributed by atoms with Crippen LogP contribution in [0.1, 0.15) is 110 Å². The molecule has 0 N–H and O–H groups in total. The van der Waals surface area contributed by atoms with E-state index >= 15 is 0 Å². The molecule has 0 saturated carbocycles. The minimum absolute atomic E-state index is 0.00264. The zero-order valence-corrected chi connectivity index (χ0v) is 52.3. The summed E-state index contributed by atoms with van der Waals surface area (Å²) in [6.07, 6.45) is 3.52. The van der Waals surface area contributed by atoms with E-state index in [1.54, 1.807) is 86.6 Å². The van der Waals surface area contributed by atoms with Gasteiger partial charge in [-0.1, -0.05) is 6.92 Å². The number of carbonyl (C=O) groups is 8. The molecule has 0 aromatic rings. The quantitative estimate of drug-likeness (QED) is 0.0352. The van der Waals surface area contributed by atoms with Gasteiger partial charge in [0.15, 0.2) is 51.0 Å². The van der Waals surface area contributed by atoms with Gasteiger partial charge in [0, 0.05) is 103 Å². The van der Waals surface area contributed by atoms with Crippen LogP contribution in [0.3, 0.4) is 0 Å². The molecule has 0 bridgehead atoms. The molecule has 0 saturated heterocycles. The first kappa shape index (κ1) is 92.6. The van der Waals surface area contributed by atoms with Gasteiger partial charge in [-0.3, -0.25) is 24.0 Å². The summed E-state index contributed by atoms with van der Waals surface area (Å²) in [6.45, 7) is 26.8. The lowest BCUT2D eigenvalue weighted by atomic mass is 10.3. The van der Waals surface area contributed by atoms with E-state index in [2.05, 4.69) is 52.1 Å². The highest BCUT2D eigenvalue weighted by atomic mass is 32.2. The van der Waals surface area contributed by atoms with Crippen LogP contribution in [0, 0.1) is 0 Å². The van der Waals surface area contributed by atoms with E-state index in [0.29, 0.717) is 30.5 Å². The van der Waals surface area contributed by atoms with Crippen LogP contribution >= 0.6 is 23.5 Å². The molecule has 28 heteroatoms. The third-order valence-electron chi connectivity index (χ3n) is 7.15. The number of ketones is 1. The van der Waals surface area contributed by atoms with E-state index in [0.717, 1.165) is 13.2 Å². The second kappa shape index (κ2) is 76.5. The molecule has 0 aliphatic rings. The van der Waals surface area contributed by atoms with Crippen LogP contribution < -0.4 is 0 Å². The van der Waals surface area contributed by atoms with E-state index in [4.69, 9.17) is 33.2 Å². The molecule has 5 atom stereocenters. The van der Waals surface area contributed by atoms with Gasteiger partial charge in [-0.25, -0.2) is 14.4 Å². The van der Waals surface area contributed by atoms with Crippen molar-refractivity contribution in [3.05, 3.63) is 0 Å². The van der Waals surface area contributed by atoms with Gasteiger partial charge < -0.3 is 85.3 Å². The Morgan fingerprint density at radius 2 is 0.831 bits per heavy atom. The van der Waals surface area contributed by atoms with E-state index in [1.807, 2.05) is 54.1 Å². The summed E-state index contributed by atoms with van der Waals surface area (Å²) < 4.78 is 83.5. The van der Waals surface area contributed by atoms with Crippen molar-refractivity contribution in [3.63, 3.8) is 0 Å². The Balaban J connectivity index is -0.0000000976. The molecule has 0 aromatic heterocycles. The van der Waals surface area contributed by atoms with Crippen molar-refractivity contribution in [2.45, 2.75) is 146 Å². The van der Waals surface area contributed by atoms with E-state index < -0.39 is 42.2 Å². The van der Waals surface area contributed by atoms with Crippen LogP contribution in [-0.2, 0) is 124 Å². The van der Waals surface area contributed by atoms with Gasteiger partial charge >= 0.3 is 41.8 Å². The summed E-state index contributed by atoms with van der Waals surface area (Å²) in [5.74, 6) is -3.22. The van der Waals surface area contributed by atoms with E-state index in [1.165, 1.54) is 49.0 Å². The van der Waals surface area contributed by atoms with Crippen LogP contribution in [0.25, 0.3) is 0 Å². The van der Waals surface area contributed by atoms with Gasteiger partial charge in [-0.05, 0) is 81.7 Å². The minimum atomic E-state index is -0.612. The maximum Gasteiger partial charge on any atom is 0.346 e. The first-order valence-corrected chi connectivity index (χ1v) is 26.4.